The minimum absolute atomic E-state index is 0.535. The van der Waals surface area contributed by atoms with E-state index in [2.05, 4.69) is 59.7 Å². The average Bonchev–Trinajstić information content (AvgIpc) is 2.95. The second kappa shape index (κ2) is 6.43. The van der Waals surface area contributed by atoms with Gasteiger partial charge in [-0.15, -0.1) is 10.2 Å². The molecule has 22 heavy (non-hydrogen) atoms. The standard InChI is InChI=1S/C18H19N3O/c1-13-7-6-8-14(2)18(13)19-12-17-21-20-16(22-17)11-15-9-4-3-5-10-15/h3-10,19H,11-12H2,1-2H3. The zero-order valence-electron chi connectivity index (χ0n) is 12.8. The van der Waals surface area contributed by atoms with Crippen LogP contribution in [-0.2, 0) is 13.0 Å². The van der Waals surface area contributed by atoms with Gasteiger partial charge in [-0.25, -0.2) is 0 Å². The Morgan fingerprint density at radius 3 is 2.27 bits per heavy atom. The molecule has 3 aromatic rings. The van der Waals surface area contributed by atoms with Crippen LogP contribution in [0.3, 0.4) is 0 Å². The van der Waals surface area contributed by atoms with Crippen LogP contribution in [0.15, 0.2) is 52.9 Å². The lowest BCUT2D eigenvalue weighted by Gasteiger charge is -2.10. The molecule has 0 aliphatic carbocycles. The van der Waals surface area contributed by atoms with Crippen molar-refractivity contribution in [2.24, 2.45) is 0 Å². The predicted octanol–water partition coefficient (Wildman–Crippen LogP) is 3.89. The van der Waals surface area contributed by atoms with Gasteiger partial charge in [0.05, 0.1) is 13.0 Å². The molecule has 112 valence electrons. The van der Waals surface area contributed by atoms with Gasteiger partial charge in [0.2, 0.25) is 11.8 Å². The Kier molecular flexibility index (Phi) is 4.19. The van der Waals surface area contributed by atoms with Gasteiger partial charge in [0.1, 0.15) is 0 Å². The summed E-state index contributed by atoms with van der Waals surface area (Å²) in [5.74, 6) is 1.25. The van der Waals surface area contributed by atoms with E-state index >= 15 is 0 Å². The van der Waals surface area contributed by atoms with Crippen molar-refractivity contribution in [3.8, 4) is 0 Å². The van der Waals surface area contributed by atoms with Gasteiger partial charge in [-0.1, -0.05) is 48.5 Å². The Balaban J connectivity index is 1.65. The first kappa shape index (κ1) is 14.3. The molecule has 0 bridgehead atoms. The van der Waals surface area contributed by atoms with Crippen molar-refractivity contribution >= 4 is 5.69 Å². The van der Waals surface area contributed by atoms with Crippen molar-refractivity contribution in [3.63, 3.8) is 0 Å². The smallest absolute Gasteiger partial charge is 0.235 e. The van der Waals surface area contributed by atoms with Crippen LogP contribution >= 0.6 is 0 Å². The maximum absolute atomic E-state index is 5.70. The molecule has 1 heterocycles. The summed E-state index contributed by atoms with van der Waals surface area (Å²) >= 11 is 0. The largest absolute Gasteiger partial charge is 0.423 e. The fraction of sp³-hybridized carbons (Fsp3) is 0.222. The first-order chi connectivity index (χ1) is 10.7. The van der Waals surface area contributed by atoms with Gasteiger partial charge in [0, 0.05) is 5.69 Å². The number of aryl methyl sites for hydroxylation is 2. The molecule has 0 atom stereocenters. The second-order valence-electron chi connectivity index (χ2n) is 5.37. The SMILES string of the molecule is Cc1cccc(C)c1NCc1nnc(Cc2ccccc2)o1. The van der Waals surface area contributed by atoms with Crippen LogP contribution in [0.4, 0.5) is 5.69 Å². The molecule has 0 unspecified atom stereocenters. The van der Waals surface area contributed by atoms with E-state index in [1.807, 2.05) is 18.2 Å². The van der Waals surface area contributed by atoms with Gasteiger partial charge in [-0.2, -0.15) is 0 Å². The molecule has 0 amide bonds. The average molecular weight is 293 g/mol. The molecule has 3 rings (SSSR count). The Hall–Kier alpha value is -2.62. The number of benzene rings is 2. The summed E-state index contributed by atoms with van der Waals surface area (Å²) in [5.41, 5.74) is 4.72. The van der Waals surface area contributed by atoms with Gasteiger partial charge < -0.3 is 9.73 Å². The third-order valence-electron chi connectivity index (χ3n) is 3.60. The minimum Gasteiger partial charge on any atom is -0.423 e. The van der Waals surface area contributed by atoms with Crippen LogP contribution in [-0.4, -0.2) is 10.2 Å². The highest BCUT2D eigenvalue weighted by molar-refractivity contribution is 5.56. The third kappa shape index (κ3) is 3.34. The number of nitrogens with one attached hydrogen (secondary N) is 1. The number of anilines is 1. The van der Waals surface area contributed by atoms with Gasteiger partial charge >= 0.3 is 0 Å². The van der Waals surface area contributed by atoms with Crippen LogP contribution in [0.25, 0.3) is 0 Å². The third-order valence-corrected chi connectivity index (χ3v) is 3.60. The van der Waals surface area contributed by atoms with Crippen LogP contribution in [0, 0.1) is 13.8 Å². The van der Waals surface area contributed by atoms with Gasteiger partial charge in [-0.3, -0.25) is 0 Å². The van der Waals surface area contributed by atoms with Gasteiger partial charge in [0.15, 0.2) is 0 Å². The quantitative estimate of drug-likeness (QED) is 0.775. The van der Waals surface area contributed by atoms with E-state index in [0.29, 0.717) is 24.7 Å². The minimum atomic E-state index is 0.535. The van der Waals surface area contributed by atoms with E-state index in [4.69, 9.17) is 4.42 Å². The molecule has 0 aliphatic rings. The normalized spacial score (nSPS) is 10.6. The van der Waals surface area contributed by atoms with Crippen LogP contribution < -0.4 is 5.32 Å². The number of hydrogen-bond donors (Lipinski definition) is 1. The number of aromatic nitrogens is 2. The highest BCUT2D eigenvalue weighted by atomic mass is 16.4. The predicted molar refractivity (Wildman–Crippen MR) is 86.8 cm³/mol. The molecule has 0 fully saturated rings. The number of hydrogen-bond acceptors (Lipinski definition) is 4. The summed E-state index contributed by atoms with van der Waals surface area (Å²) in [4.78, 5) is 0. The summed E-state index contributed by atoms with van der Waals surface area (Å²) in [5, 5.41) is 11.6. The van der Waals surface area contributed by atoms with Crippen LogP contribution in [0.5, 0.6) is 0 Å². The van der Waals surface area contributed by atoms with Gasteiger partial charge in [0.25, 0.3) is 0 Å². The Morgan fingerprint density at radius 2 is 1.55 bits per heavy atom. The van der Waals surface area contributed by atoms with Crippen LogP contribution in [0.2, 0.25) is 0 Å². The first-order valence-electron chi connectivity index (χ1n) is 7.37. The van der Waals surface area contributed by atoms with Crippen molar-refractivity contribution in [2.75, 3.05) is 5.32 Å². The lowest BCUT2D eigenvalue weighted by atomic mass is 10.1. The first-order valence-corrected chi connectivity index (χ1v) is 7.37. The maximum atomic E-state index is 5.70. The lowest BCUT2D eigenvalue weighted by molar-refractivity contribution is 0.464. The number of nitrogens with zero attached hydrogens (tertiary/aromatic N) is 2. The monoisotopic (exact) mass is 293 g/mol. The molecule has 1 N–H and O–H groups in total. The molecular formula is C18H19N3O. The molecule has 0 spiro atoms. The van der Waals surface area contributed by atoms with Crippen molar-refractivity contribution in [2.45, 2.75) is 26.8 Å². The molecule has 2 aromatic carbocycles. The van der Waals surface area contributed by atoms with Crippen molar-refractivity contribution < 1.29 is 4.42 Å². The fourth-order valence-corrected chi connectivity index (χ4v) is 2.46. The van der Waals surface area contributed by atoms with E-state index in [1.54, 1.807) is 0 Å². The maximum Gasteiger partial charge on any atom is 0.235 e. The molecule has 1 aromatic heterocycles. The summed E-state index contributed by atoms with van der Waals surface area (Å²) in [6.45, 7) is 4.71. The highest BCUT2D eigenvalue weighted by Gasteiger charge is 2.08. The highest BCUT2D eigenvalue weighted by Crippen LogP contribution is 2.20. The zero-order valence-corrected chi connectivity index (χ0v) is 12.8. The summed E-state index contributed by atoms with van der Waals surface area (Å²) in [7, 11) is 0. The molecule has 0 saturated heterocycles. The summed E-state index contributed by atoms with van der Waals surface area (Å²) in [6, 6.07) is 16.4. The molecule has 0 saturated carbocycles. The van der Waals surface area contributed by atoms with Crippen LogP contribution in [0.1, 0.15) is 28.5 Å². The van der Waals surface area contributed by atoms with E-state index in [9.17, 15) is 0 Å². The fourth-order valence-electron chi connectivity index (χ4n) is 2.46. The van der Waals surface area contributed by atoms with Crippen molar-refractivity contribution in [1.29, 1.82) is 0 Å². The van der Waals surface area contributed by atoms with Crippen molar-refractivity contribution in [3.05, 3.63) is 77.0 Å². The summed E-state index contributed by atoms with van der Waals surface area (Å²) in [6.07, 6.45) is 0.664. The van der Waals surface area contributed by atoms with Gasteiger partial charge in [-0.05, 0) is 30.5 Å². The van der Waals surface area contributed by atoms with E-state index in [1.165, 1.54) is 16.7 Å². The molecular weight excluding hydrogens is 274 g/mol. The molecule has 0 radical (unpaired) electrons. The number of para-hydroxylation sites is 1. The molecule has 0 aliphatic heterocycles. The Morgan fingerprint density at radius 1 is 0.864 bits per heavy atom. The Labute approximate surface area is 130 Å². The van der Waals surface area contributed by atoms with E-state index in [-0.39, 0.29) is 0 Å². The molecule has 4 nitrogen and oxygen atoms in total. The summed E-state index contributed by atoms with van der Waals surface area (Å²) < 4.78 is 5.70. The van der Waals surface area contributed by atoms with E-state index < -0.39 is 0 Å². The zero-order chi connectivity index (χ0) is 15.4. The Bertz CT molecular complexity index is 730. The van der Waals surface area contributed by atoms with Crippen molar-refractivity contribution in [1.82, 2.24) is 10.2 Å². The van der Waals surface area contributed by atoms with E-state index in [0.717, 1.165) is 5.69 Å². The second-order valence-corrected chi connectivity index (χ2v) is 5.37. The molecule has 4 heteroatoms. The lowest BCUT2D eigenvalue weighted by Crippen LogP contribution is -2.03. The topological polar surface area (TPSA) is 51.0 Å². The number of rotatable bonds is 5.